The average molecular weight is 396 g/mol. The van der Waals surface area contributed by atoms with Gasteiger partial charge in [-0.2, -0.15) is 0 Å². The van der Waals surface area contributed by atoms with Crippen molar-refractivity contribution in [3.05, 3.63) is 50.9 Å². The largest absolute Gasteiger partial charge is 0.398 e. The van der Waals surface area contributed by atoms with Crippen LogP contribution in [0.15, 0.2) is 45.8 Å². The third-order valence-electron chi connectivity index (χ3n) is 2.45. The van der Waals surface area contributed by atoms with Crippen molar-refractivity contribution in [3.8, 4) is 0 Å². The van der Waals surface area contributed by atoms with Crippen LogP contribution in [0.3, 0.4) is 0 Å². The van der Waals surface area contributed by atoms with Crippen molar-refractivity contribution in [2.24, 2.45) is 0 Å². The van der Waals surface area contributed by atoms with Crippen molar-refractivity contribution in [3.63, 3.8) is 0 Å². The summed E-state index contributed by atoms with van der Waals surface area (Å²) < 4.78 is 27.4. The van der Waals surface area contributed by atoms with Crippen LogP contribution in [0.1, 0.15) is 0 Å². The molecular weight excluding hydrogens is 387 g/mol. The summed E-state index contributed by atoms with van der Waals surface area (Å²) >= 11 is 14.8. The minimum absolute atomic E-state index is 0.0276. The Bertz CT molecular complexity index is 766. The highest BCUT2D eigenvalue weighted by atomic mass is 79.9. The number of nitrogens with two attached hydrogens (primary N) is 1. The summed E-state index contributed by atoms with van der Waals surface area (Å²) in [6.45, 7) is 0. The molecule has 0 aromatic heterocycles. The van der Waals surface area contributed by atoms with E-state index in [0.29, 0.717) is 20.9 Å². The predicted octanol–water partition coefficient (Wildman–Crippen LogP) is 4.14. The fraction of sp³-hybridized carbons (Fsp3) is 0. The maximum atomic E-state index is 12.2. The van der Waals surface area contributed by atoms with E-state index in [-0.39, 0.29) is 9.92 Å². The molecule has 0 saturated carbocycles. The quantitative estimate of drug-likeness (QED) is 0.767. The summed E-state index contributed by atoms with van der Waals surface area (Å²) in [5.74, 6) is 0. The van der Waals surface area contributed by atoms with Crippen LogP contribution in [0.2, 0.25) is 10.0 Å². The van der Waals surface area contributed by atoms with Gasteiger partial charge in [-0.3, -0.25) is 4.72 Å². The Hall–Kier alpha value is -0.950. The van der Waals surface area contributed by atoms with Gasteiger partial charge in [-0.05, 0) is 52.3 Å². The normalized spacial score (nSPS) is 11.3. The van der Waals surface area contributed by atoms with Crippen molar-refractivity contribution in [2.45, 2.75) is 4.90 Å². The van der Waals surface area contributed by atoms with Gasteiger partial charge in [0.2, 0.25) is 0 Å². The number of sulfonamides is 1. The van der Waals surface area contributed by atoms with Crippen molar-refractivity contribution in [1.29, 1.82) is 0 Å². The lowest BCUT2D eigenvalue weighted by Gasteiger charge is -2.10. The van der Waals surface area contributed by atoms with Crippen molar-refractivity contribution >= 4 is 60.5 Å². The molecule has 4 nitrogen and oxygen atoms in total. The average Bonchev–Trinajstić information content (AvgIpc) is 2.37. The molecule has 2 aromatic carbocycles. The lowest BCUT2D eigenvalue weighted by atomic mass is 10.3. The zero-order valence-electron chi connectivity index (χ0n) is 9.90. The van der Waals surface area contributed by atoms with Crippen molar-refractivity contribution in [2.75, 3.05) is 10.5 Å². The predicted molar refractivity (Wildman–Crippen MR) is 85.8 cm³/mol. The first-order valence-corrected chi connectivity index (χ1v) is 8.36. The zero-order valence-corrected chi connectivity index (χ0v) is 13.8. The highest BCUT2D eigenvalue weighted by molar-refractivity contribution is 9.10. The molecule has 0 atom stereocenters. The molecule has 2 aromatic rings. The van der Waals surface area contributed by atoms with E-state index in [9.17, 15) is 8.42 Å². The Kier molecular flexibility index (Phi) is 4.49. The van der Waals surface area contributed by atoms with Crippen LogP contribution >= 0.6 is 39.1 Å². The van der Waals surface area contributed by atoms with E-state index in [1.165, 1.54) is 18.2 Å². The molecule has 2 rings (SSSR count). The van der Waals surface area contributed by atoms with E-state index in [2.05, 4.69) is 20.7 Å². The van der Waals surface area contributed by atoms with Gasteiger partial charge in [-0.1, -0.05) is 23.2 Å². The molecule has 0 spiro atoms. The SMILES string of the molecule is Nc1ccc(NS(=O)(=O)c2ccc(Cl)c(Cl)c2)cc1Br. The Morgan fingerprint density at radius 2 is 1.75 bits per heavy atom. The summed E-state index contributed by atoms with van der Waals surface area (Å²) in [6.07, 6.45) is 0. The third kappa shape index (κ3) is 3.38. The molecular formula is C12H9BrCl2N2O2S. The summed E-state index contributed by atoms with van der Waals surface area (Å²) in [5.41, 5.74) is 6.55. The van der Waals surface area contributed by atoms with Crippen LogP contribution < -0.4 is 10.5 Å². The fourth-order valence-corrected chi connectivity index (χ4v) is 3.27. The second-order valence-corrected chi connectivity index (χ2v) is 7.27. The molecule has 0 fully saturated rings. The minimum atomic E-state index is -3.74. The van der Waals surface area contributed by atoms with Gasteiger partial charge in [0, 0.05) is 10.2 Å². The number of hydrogen-bond acceptors (Lipinski definition) is 3. The van der Waals surface area contributed by atoms with Crippen molar-refractivity contribution in [1.82, 2.24) is 0 Å². The monoisotopic (exact) mass is 394 g/mol. The Labute approximate surface area is 135 Å². The van der Waals surface area contributed by atoms with E-state index in [1.54, 1.807) is 18.2 Å². The molecule has 3 N–H and O–H groups in total. The fourth-order valence-electron chi connectivity index (χ4n) is 1.45. The van der Waals surface area contributed by atoms with E-state index < -0.39 is 10.0 Å². The number of nitrogen functional groups attached to an aromatic ring is 1. The number of halogens is 3. The number of nitrogens with one attached hydrogen (secondary N) is 1. The van der Waals surface area contributed by atoms with Crippen LogP contribution in [0.5, 0.6) is 0 Å². The first-order valence-electron chi connectivity index (χ1n) is 5.32. The van der Waals surface area contributed by atoms with E-state index in [1.807, 2.05) is 0 Å². The minimum Gasteiger partial charge on any atom is -0.398 e. The standard InChI is InChI=1S/C12H9BrCl2N2O2S/c13-9-5-7(1-4-12(9)16)17-20(18,19)8-2-3-10(14)11(15)6-8/h1-6,17H,16H2. The van der Waals surface area contributed by atoms with Crippen molar-refractivity contribution < 1.29 is 8.42 Å². The Morgan fingerprint density at radius 1 is 1.05 bits per heavy atom. The Balaban J connectivity index is 2.35. The van der Waals surface area contributed by atoms with Gasteiger partial charge in [-0.25, -0.2) is 8.42 Å². The second kappa shape index (κ2) is 5.81. The molecule has 0 radical (unpaired) electrons. The van der Waals surface area contributed by atoms with Crippen LogP contribution in [0.4, 0.5) is 11.4 Å². The molecule has 8 heteroatoms. The summed E-state index contributed by atoms with van der Waals surface area (Å²) in [6, 6.07) is 8.83. The molecule has 0 bridgehead atoms. The lowest BCUT2D eigenvalue weighted by molar-refractivity contribution is 0.601. The molecule has 20 heavy (non-hydrogen) atoms. The third-order valence-corrected chi connectivity index (χ3v) is 5.26. The first kappa shape index (κ1) is 15.4. The smallest absolute Gasteiger partial charge is 0.261 e. The zero-order chi connectivity index (χ0) is 14.9. The van der Waals surface area contributed by atoms with Gasteiger partial charge in [0.05, 0.1) is 20.6 Å². The molecule has 0 aliphatic carbocycles. The lowest BCUT2D eigenvalue weighted by Crippen LogP contribution is -2.13. The highest BCUT2D eigenvalue weighted by Gasteiger charge is 2.16. The van der Waals surface area contributed by atoms with E-state index in [4.69, 9.17) is 28.9 Å². The molecule has 0 saturated heterocycles. The summed E-state index contributed by atoms with van der Waals surface area (Å²) in [7, 11) is -3.74. The molecule has 0 aliphatic heterocycles. The second-order valence-electron chi connectivity index (χ2n) is 3.92. The molecule has 0 aliphatic rings. The van der Waals surface area contributed by atoms with Gasteiger partial charge in [0.1, 0.15) is 0 Å². The molecule has 106 valence electrons. The topological polar surface area (TPSA) is 72.2 Å². The summed E-state index contributed by atoms with van der Waals surface area (Å²) in [4.78, 5) is 0.0276. The van der Waals surface area contributed by atoms with Crippen LogP contribution in [-0.2, 0) is 10.0 Å². The van der Waals surface area contributed by atoms with Crippen LogP contribution in [0.25, 0.3) is 0 Å². The number of benzene rings is 2. The molecule has 0 amide bonds. The number of hydrogen-bond donors (Lipinski definition) is 2. The van der Waals surface area contributed by atoms with E-state index in [0.717, 1.165) is 0 Å². The van der Waals surface area contributed by atoms with E-state index >= 15 is 0 Å². The van der Waals surface area contributed by atoms with Gasteiger partial charge in [0.25, 0.3) is 10.0 Å². The summed E-state index contributed by atoms with van der Waals surface area (Å²) in [5, 5.41) is 0.467. The number of anilines is 2. The molecule has 0 unspecified atom stereocenters. The maximum absolute atomic E-state index is 12.2. The van der Waals surface area contributed by atoms with Gasteiger partial charge in [-0.15, -0.1) is 0 Å². The molecule has 0 heterocycles. The van der Waals surface area contributed by atoms with Gasteiger partial charge < -0.3 is 5.73 Å². The van der Waals surface area contributed by atoms with Gasteiger partial charge >= 0.3 is 0 Å². The van der Waals surface area contributed by atoms with Crippen LogP contribution in [0, 0.1) is 0 Å². The van der Waals surface area contributed by atoms with Crippen LogP contribution in [-0.4, -0.2) is 8.42 Å². The first-order chi connectivity index (χ1) is 9.29. The number of rotatable bonds is 3. The van der Waals surface area contributed by atoms with Gasteiger partial charge in [0.15, 0.2) is 0 Å². The maximum Gasteiger partial charge on any atom is 0.261 e. The Morgan fingerprint density at radius 3 is 2.35 bits per heavy atom. The highest BCUT2D eigenvalue weighted by Crippen LogP contribution is 2.28.